The molecule has 1 aromatic rings. The number of hydrogen-bond donors (Lipinski definition) is 0. The van der Waals surface area contributed by atoms with Gasteiger partial charge in [0.1, 0.15) is 0 Å². The van der Waals surface area contributed by atoms with Gasteiger partial charge in [-0.1, -0.05) is 21.1 Å². The molecule has 0 unspecified atom stereocenters. The Kier molecular flexibility index (Phi) is 6.55. The molecule has 7 nitrogen and oxygen atoms in total. The van der Waals surface area contributed by atoms with Crippen molar-refractivity contribution in [1.29, 1.82) is 0 Å². The van der Waals surface area contributed by atoms with Gasteiger partial charge in [-0.05, 0) is 6.42 Å². The zero-order valence-electron chi connectivity index (χ0n) is 10.7. The third-order valence-electron chi connectivity index (χ3n) is 2.35. The summed E-state index contributed by atoms with van der Waals surface area (Å²) >= 11 is 0. The van der Waals surface area contributed by atoms with E-state index >= 15 is 0 Å². The summed E-state index contributed by atoms with van der Waals surface area (Å²) in [7, 11) is -10.3. The van der Waals surface area contributed by atoms with E-state index in [0.29, 0.717) is 6.42 Å². The van der Waals surface area contributed by atoms with E-state index in [1.165, 1.54) is 19.4 Å². The number of nitrogens with zero attached hydrogens (tertiary/aromatic N) is 3. The first-order valence-electron chi connectivity index (χ1n) is 5.33. The predicted molar refractivity (Wildman–Crippen MR) is 63.1 cm³/mol. The summed E-state index contributed by atoms with van der Waals surface area (Å²) in [4.78, 5) is 0. The first-order chi connectivity index (χ1) is 8.59. The minimum absolute atomic E-state index is 0. The molecule has 0 spiro atoms. The van der Waals surface area contributed by atoms with Gasteiger partial charge in [-0.3, -0.25) is 0 Å². The van der Waals surface area contributed by atoms with Gasteiger partial charge in [-0.2, -0.15) is 16.8 Å². The molecular formula is C8H14BrF2N3O4S2. The van der Waals surface area contributed by atoms with Crippen LogP contribution in [0.2, 0.25) is 0 Å². The molecule has 0 aliphatic heterocycles. The van der Waals surface area contributed by atoms with Gasteiger partial charge in [-0.25, -0.2) is 9.13 Å². The summed E-state index contributed by atoms with van der Waals surface area (Å²) in [5, 5.41) is 0. The van der Waals surface area contributed by atoms with Crippen LogP contribution in [-0.4, -0.2) is 21.4 Å². The smallest absolute Gasteiger partial charge is 0.469 e. The second kappa shape index (κ2) is 6.80. The van der Waals surface area contributed by atoms with Crippen molar-refractivity contribution in [3.8, 4) is 0 Å². The SMILES string of the molecule is CCCCn1cc[n+](C)c1N(S(=O)(=O)F)S(=O)(=O)F.[Br-]. The molecule has 1 aromatic heterocycles. The first-order valence-corrected chi connectivity index (χ1v) is 8.01. The van der Waals surface area contributed by atoms with Crippen molar-refractivity contribution < 1.29 is 46.2 Å². The fourth-order valence-corrected chi connectivity index (χ4v) is 3.26. The monoisotopic (exact) mass is 397 g/mol. The fraction of sp³-hybridized carbons (Fsp3) is 0.625. The second-order valence-electron chi connectivity index (χ2n) is 3.84. The lowest BCUT2D eigenvalue weighted by Gasteiger charge is -2.09. The van der Waals surface area contributed by atoms with E-state index in [1.54, 1.807) is 0 Å². The van der Waals surface area contributed by atoms with Gasteiger partial charge in [0.25, 0.3) is 0 Å². The topological polar surface area (TPSA) is 80.3 Å². The van der Waals surface area contributed by atoms with E-state index < -0.39 is 30.5 Å². The summed E-state index contributed by atoms with van der Waals surface area (Å²) < 4.78 is 70.9. The quantitative estimate of drug-likeness (QED) is 0.388. The van der Waals surface area contributed by atoms with E-state index in [2.05, 4.69) is 0 Å². The van der Waals surface area contributed by atoms with Gasteiger partial charge in [-0.15, -0.1) is 0 Å². The highest BCUT2D eigenvalue weighted by Gasteiger charge is 2.46. The normalized spacial score (nSPS) is 12.0. The summed E-state index contributed by atoms with van der Waals surface area (Å²) in [6.45, 7) is 2.09. The molecule has 0 saturated carbocycles. The molecule has 118 valence electrons. The maximum absolute atomic E-state index is 13.0. The third kappa shape index (κ3) is 4.38. The summed E-state index contributed by atoms with van der Waals surface area (Å²) in [6.07, 6.45) is 3.98. The molecule has 0 aliphatic rings. The van der Waals surface area contributed by atoms with E-state index in [-0.39, 0.29) is 23.5 Å². The number of halogens is 3. The van der Waals surface area contributed by atoms with Crippen LogP contribution in [0.15, 0.2) is 12.4 Å². The first kappa shape index (κ1) is 19.2. The van der Waals surface area contributed by atoms with Crippen molar-refractivity contribution in [2.24, 2.45) is 7.05 Å². The van der Waals surface area contributed by atoms with Crippen LogP contribution < -0.4 is 25.3 Å². The van der Waals surface area contributed by atoms with Crippen molar-refractivity contribution >= 4 is 26.8 Å². The molecule has 0 amide bonds. The highest BCUT2D eigenvalue weighted by Crippen LogP contribution is 2.21. The van der Waals surface area contributed by atoms with E-state index in [9.17, 15) is 24.6 Å². The lowest BCUT2D eigenvalue weighted by molar-refractivity contribution is -0.656. The average molecular weight is 398 g/mol. The molecule has 12 heteroatoms. The molecule has 0 aromatic carbocycles. The van der Waals surface area contributed by atoms with Crippen LogP contribution in [-0.2, 0) is 34.4 Å². The molecule has 20 heavy (non-hydrogen) atoms. The third-order valence-corrected chi connectivity index (χ3v) is 4.54. The Morgan fingerprint density at radius 3 is 2.15 bits per heavy atom. The Morgan fingerprint density at radius 2 is 1.75 bits per heavy atom. The predicted octanol–water partition coefficient (Wildman–Crippen LogP) is -2.65. The average Bonchev–Trinajstić information content (AvgIpc) is 2.54. The highest BCUT2D eigenvalue weighted by molar-refractivity contribution is 8.05. The summed E-state index contributed by atoms with van der Waals surface area (Å²) in [6, 6.07) is 0. The van der Waals surface area contributed by atoms with Gasteiger partial charge in [0.15, 0.2) is 0 Å². The molecule has 0 bridgehead atoms. The molecule has 0 N–H and O–H groups in total. The number of rotatable bonds is 6. The minimum atomic E-state index is -5.79. The van der Waals surface area contributed by atoms with Crippen LogP contribution in [0.3, 0.4) is 0 Å². The zero-order chi connectivity index (χ0) is 14.8. The Balaban J connectivity index is 0.00000361. The minimum Gasteiger partial charge on any atom is -1.00 e. The number of unbranched alkanes of at least 4 members (excludes halogenated alkanes) is 1. The zero-order valence-corrected chi connectivity index (χ0v) is 13.9. The lowest BCUT2D eigenvalue weighted by atomic mass is 10.3. The number of aryl methyl sites for hydroxylation is 2. The Morgan fingerprint density at radius 1 is 1.25 bits per heavy atom. The standard InChI is InChI=1S/C8H14F2N3O4S2.BrH/c1-3-4-5-12-7-6-11(2)8(12)13(18(9,14)15)19(10,16)17;/h6-7H,3-5H2,1-2H3;1H/q+1;/p-1. The van der Waals surface area contributed by atoms with Crippen molar-refractivity contribution in [2.45, 2.75) is 26.3 Å². The van der Waals surface area contributed by atoms with Gasteiger partial charge >= 0.3 is 26.8 Å². The van der Waals surface area contributed by atoms with Crippen molar-refractivity contribution in [3.63, 3.8) is 0 Å². The largest absolute Gasteiger partial charge is 1.00 e. The molecule has 0 fully saturated rings. The molecule has 0 saturated heterocycles. The van der Waals surface area contributed by atoms with Crippen LogP contribution in [0.5, 0.6) is 0 Å². The van der Waals surface area contributed by atoms with Crippen molar-refractivity contribution in [1.82, 2.24) is 4.57 Å². The Hall–Kier alpha value is -0.750. The molecule has 0 atom stereocenters. The fourth-order valence-electron chi connectivity index (χ4n) is 1.55. The van der Waals surface area contributed by atoms with E-state index in [4.69, 9.17) is 0 Å². The Labute approximate surface area is 127 Å². The van der Waals surface area contributed by atoms with Crippen LogP contribution in [0.25, 0.3) is 0 Å². The highest BCUT2D eigenvalue weighted by atomic mass is 79.9. The molecule has 1 heterocycles. The maximum atomic E-state index is 13.0. The van der Waals surface area contributed by atoms with Gasteiger partial charge in [0.2, 0.25) is 0 Å². The Bertz CT molecular complexity index is 627. The van der Waals surface area contributed by atoms with Crippen LogP contribution in [0.4, 0.5) is 13.7 Å². The van der Waals surface area contributed by atoms with Crippen molar-refractivity contribution in [2.75, 3.05) is 3.71 Å². The second-order valence-corrected chi connectivity index (χ2v) is 6.45. The molecular weight excluding hydrogens is 384 g/mol. The summed E-state index contributed by atoms with van der Waals surface area (Å²) in [5.74, 6) is -0.626. The number of aromatic nitrogens is 2. The van der Waals surface area contributed by atoms with Crippen LogP contribution >= 0.6 is 0 Å². The lowest BCUT2D eigenvalue weighted by Crippen LogP contribution is -3.00. The molecule has 1 rings (SSSR count). The summed E-state index contributed by atoms with van der Waals surface area (Å²) in [5.41, 5.74) is 0. The van der Waals surface area contributed by atoms with Crippen LogP contribution in [0.1, 0.15) is 19.8 Å². The number of anilines is 1. The van der Waals surface area contributed by atoms with E-state index in [0.717, 1.165) is 15.6 Å². The van der Waals surface area contributed by atoms with Gasteiger partial charge in [0.05, 0.1) is 26.0 Å². The number of imidazole rings is 1. The number of hydrogen-bond acceptors (Lipinski definition) is 4. The van der Waals surface area contributed by atoms with Crippen LogP contribution in [0, 0.1) is 0 Å². The van der Waals surface area contributed by atoms with Gasteiger partial charge in [0, 0.05) is 3.71 Å². The molecule has 0 aliphatic carbocycles. The maximum Gasteiger partial charge on any atom is 0.469 e. The van der Waals surface area contributed by atoms with Crippen molar-refractivity contribution in [3.05, 3.63) is 12.4 Å². The molecule has 0 radical (unpaired) electrons. The van der Waals surface area contributed by atoms with Gasteiger partial charge < -0.3 is 17.0 Å². The van der Waals surface area contributed by atoms with E-state index in [1.807, 2.05) is 6.92 Å².